The molecule has 0 aliphatic carbocycles. The normalized spacial score (nSPS) is 15.3. The van der Waals surface area contributed by atoms with Gasteiger partial charge in [0.1, 0.15) is 0 Å². The van der Waals surface area contributed by atoms with E-state index in [2.05, 4.69) is 0 Å². The molecular weight excluding hydrogens is 466 g/mol. The lowest BCUT2D eigenvalue weighted by molar-refractivity contribution is -0.127. The van der Waals surface area contributed by atoms with Crippen molar-refractivity contribution in [2.24, 2.45) is 0 Å². The maximum Gasteiger partial charge on any atom is 0.262 e. The van der Waals surface area contributed by atoms with E-state index in [9.17, 15) is 9.59 Å². The Bertz CT molecular complexity index is 1240. The summed E-state index contributed by atoms with van der Waals surface area (Å²) in [6.45, 7) is 1.72. The summed E-state index contributed by atoms with van der Waals surface area (Å²) >= 11 is 1.30. The van der Waals surface area contributed by atoms with Gasteiger partial charge in [-0.25, -0.2) is 4.98 Å². The van der Waals surface area contributed by atoms with Crippen LogP contribution in [0.25, 0.3) is 10.9 Å². The fourth-order valence-corrected chi connectivity index (χ4v) is 5.05. The summed E-state index contributed by atoms with van der Waals surface area (Å²) in [5.74, 6) is 1.51. The molecule has 1 aromatic heterocycles. The Balaban J connectivity index is 1.43. The van der Waals surface area contributed by atoms with Crippen molar-refractivity contribution in [2.75, 3.05) is 40.2 Å². The highest BCUT2D eigenvalue weighted by atomic mass is 32.2. The van der Waals surface area contributed by atoms with Gasteiger partial charge in [0.2, 0.25) is 5.91 Å². The van der Waals surface area contributed by atoms with Crippen LogP contribution in [0.5, 0.6) is 11.5 Å². The van der Waals surface area contributed by atoms with Gasteiger partial charge in [-0.1, -0.05) is 30.0 Å². The lowest BCUT2D eigenvalue weighted by Crippen LogP contribution is -2.32. The van der Waals surface area contributed by atoms with E-state index in [4.69, 9.17) is 19.2 Å². The minimum atomic E-state index is -0.0946. The summed E-state index contributed by atoms with van der Waals surface area (Å²) in [6.07, 6.45) is 2.59. The summed E-state index contributed by atoms with van der Waals surface area (Å²) in [4.78, 5) is 32.5. The van der Waals surface area contributed by atoms with Crippen LogP contribution >= 0.6 is 11.8 Å². The minimum absolute atomic E-state index is 0.00474. The van der Waals surface area contributed by atoms with Gasteiger partial charge < -0.3 is 19.1 Å². The second-order valence-electron chi connectivity index (χ2n) is 8.51. The van der Waals surface area contributed by atoms with Crippen LogP contribution < -0.4 is 15.0 Å². The number of fused-ring (bicyclic) bond motifs is 1. The number of methoxy groups -OCH3 is 2. The highest BCUT2D eigenvalue weighted by molar-refractivity contribution is 7.99. The molecule has 1 fully saturated rings. The summed E-state index contributed by atoms with van der Waals surface area (Å²) in [5, 5.41) is 1.12. The number of amides is 1. The number of likely N-dealkylation sites (N-methyl/N-ethyl adjacent to an activating group) is 1. The Labute approximate surface area is 209 Å². The fraction of sp³-hybridized carbons (Fsp3) is 0.423. The van der Waals surface area contributed by atoms with Crippen molar-refractivity contribution in [1.82, 2.24) is 14.5 Å². The molecule has 0 saturated carbocycles. The van der Waals surface area contributed by atoms with Crippen LogP contribution in [0.3, 0.4) is 0 Å². The third-order valence-electron chi connectivity index (χ3n) is 6.17. The average molecular weight is 498 g/mol. The number of carbonyl (C=O) groups excluding carboxylic acids is 1. The number of aromatic nitrogens is 2. The first-order valence-electron chi connectivity index (χ1n) is 11.7. The number of rotatable bonds is 10. The van der Waals surface area contributed by atoms with E-state index in [1.54, 1.807) is 36.8 Å². The molecule has 1 atom stereocenters. The predicted molar refractivity (Wildman–Crippen MR) is 137 cm³/mol. The van der Waals surface area contributed by atoms with Gasteiger partial charge >= 0.3 is 0 Å². The van der Waals surface area contributed by atoms with Crippen LogP contribution in [0.1, 0.15) is 18.4 Å². The third-order valence-corrected chi connectivity index (χ3v) is 7.13. The molecule has 0 radical (unpaired) electrons. The van der Waals surface area contributed by atoms with Gasteiger partial charge in [0.05, 0.1) is 43.5 Å². The van der Waals surface area contributed by atoms with Crippen LogP contribution in [0.2, 0.25) is 0 Å². The van der Waals surface area contributed by atoms with Crippen molar-refractivity contribution >= 4 is 28.6 Å². The third kappa shape index (κ3) is 5.97. The van der Waals surface area contributed by atoms with Crippen molar-refractivity contribution < 1.29 is 19.0 Å². The van der Waals surface area contributed by atoms with Crippen LogP contribution in [-0.4, -0.2) is 66.6 Å². The van der Waals surface area contributed by atoms with E-state index in [-0.39, 0.29) is 23.3 Å². The molecule has 9 heteroatoms. The standard InChI is InChI=1S/C26H31N3O5S/c1-28(13-12-18-10-11-22(32-2)23(15-18)33-3)24(30)17-35-26-27-21-9-5-4-8-20(21)25(31)29(26)16-19-7-6-14-34-19/h4-5,8-11,15,19H,6-7,12-14,16-17H2,1-3H3/t19-/m1/s1. The number of thioether (sulfide) groups is 1. The van der Waals surface area contributed by atoms with Gasteiger partial charge in [0, 0.05) is 20.2 Å². The smallest absolute Gasteiger partial charge is 0.262 e. The Kier molecular flexibility index (Phi) is 8.30. The molecule has 35 heavy (non-hydrogen) atoms. The Morgan fingerprint density at radius 2 is 2.00 bits per heavy atom. The maximum atomic E-state index is 13.2. The number of para-hydroxylation sites is 1. The van der Waals surface area contributed by atoms with Gasteiger partial charge in [0.15, 0.2) is 16.7 Å². The van der Waals surface area contributed by atoms with Gasteiger partial charge in [-0.3, -0.25) is 14.2 Å². The Morgan fingerprint density at radius 3 is 2.74 bits per heavy atom. The first-order valence-corrected chi connectivity index (χ1v) is 12.7. The summed E-state index contributed by atoms with van der Waals surface area (Å²) in [6, 6.07) is 13.1. The lowest BCUT2D eigenvalue weighted by Gasteiger charge is -2.19. The number of benzene rings is 2. The molecule has 2 aromatic carbocycles. The van der Waals surface area contributed by atoms with Crippen LogP contribution in [0.4, 0.5) is 0 Å². The predicted octanol–water partition coefficient (Wildman–Crippen LogP) is 3.39. The molecule has 0 N–H and O–H groups in total. The molecule has 1 aliphatic heterocycles. The zero-order chi connectivity index (χ0) is 24.8. The largest absolute Gasteiger partial charge is 0.493 e. The second kappa shape index (κ2) is 11.6. The number of nitrogens with zero attached hydrogens (tertiary/aromatic N) is 3. The number of carbonyl (C=O) groups is 1. The van der Waals surface area contributed by atoms with Crippen molar-refractivity contribution in [3.8, 4) is 11.5 Å². The van der Waals surface area contributed by atoms with E-state index >= 15 is 0 Å². The monoisotopic (exact) mass is 497 g/mol. The highest BCUT2D eigenvalue weighted by Crippen LogP contribution is 2.28. The molecule has 1 amide bonds. The number of hydrogen-bond donors (Lipinski definition) is 0. The molecule has 0 spiro atoms. The molecule has 8 nitrogen and oxygen atoms in total. The van der Waals surface area contributed by atoms with Crippen molar-refractivity contribution in [1.29, 1.82) is 0 Å². The Morgan fingerprint density at radius 1 is 1.20 bits per heavy atom. The maximum absolute atomic E-state index is 13.2. The van der Waals surface area contributed by atoms with Gasteiger partial charge in [0.25, 0.3) is 5.56 Å². The summed E-state index contributed by atoms with van der Waals surface area (Å²) in [5.41, 5.74) is 1.59. The molecule has 0 unspecified atom stereocenters. The number of hydrogen-bond acceptors (Lipinski definition) is 7. The van der Waals surface area contributed by atoms with E-state index in [1.807, 2.05) is 36.4 Å². The molecule has 4 rings (SSSR count). The molecular formula is C26H31N3O5S. The van der Waals surface area contributed by atoms with E-state index < -0.39 is 0 Å². The molecule has 2 heterocycles. The van der Waals surface area contributed by atoms with Crippen LogP contribution in [0, 0.1) is 0 Å². The minimum Gasteiger partial charge on any atom is -0.493 e. The summed E-state index contributed by atoms with van der Waals surface area (Å²) in [7, 11) is 5.00. The molecule has 3 aromatic rings. The quantitative estimate of drug-likeness (QED) is 0.314. The zero-order valence-corrected chi connectivity index (χ0v) is 21.2. The van der Waals surface area contributed by atoms with E-state index in [0.29, 0.717) is 53.7 Å². The summed E-state index contributed by atoms with van der Waals surface area (Å²) < 4.78 is 18.1. The van der Waals surface area contributed by atoms with E-state index in [1.165, 1.54) is 11.8 Å². The molecule has 186 valence electrons. The zero-order valence-electron chi connectivity index (χ0n) is 20.4. The SMILES string of the molecule is COc1ccc(CCN(C)C(=O)CSc2nc3ccccc3c(=O)n2C[C@H]2CCCO2)cc1OC. The first kappa shape index (κ1) is 25.1. The van der Waals surface area contributed by atoms with Gasteiger partial charge in [-0.05, 0) is 49.1 Å². The highest BCUT2D eigenvalue weighted by Gasteiger charge is 2.21. The molecule has 1 saturated heterocycles. The number of ether oxygens (including phenoxy) is 3. The Hall–Kier alpha value is -3.04. The second-order valence-corrected chi connectivity index (χ2v) is 9.45. The van der Waals surface area contributed by atoms with Crippen molar-refractivity contribution in [2.45, 2.75) is 37.1 Å². The topological polar surface area (TPSA) is 82.9 Å². The van der Waals surface area contributed by atoms with Crippen LogP contribution in [0.15, 0.2) is 52.4 Å². The lowest BCUT2D eigenvalue weighted by atomic mass is 10.1. The van der Waals surface area contributed by atoms with Crippen molar-refractivity contribution in [3.05, 3.63) is 58.4 Å². The van der Waals surface area contributed by atoms with Crippen LogP contribution in [-0.2, 0) is 22.5 Å². The molecule has 0 bridgehead atoms. The van der Waals surface area contributed by atoms with Gasteiger partial charge in [-0.2, -0.15) is 0 Å². The fourth-order valence-electron chi connectivity index (χ4n) is 4.10. The first-order chi connectivity index (χ1) is 17.0. The van der Waals surface area contributed by atoms with Crippen molar-refractivity contribution in [3.63, 3.8) is 0 Å². The van der Waals surface area contributed by atoms with Gasteiger partial charge in [-0.15, -0.1) is 0 Å². The van der Waals surface area contributed by atoms with E-state index in [0.717, 1.165) is 18.4 Å². The average Bonchev–Trinajstić information content (AvgIpc) is 3.40. The molecule has 1 aliphatic rings.